The third-order valence-electron chi connectivity index (χ3n) is 3.92. The molecule has 1 aromatic rings. The first kappa shape index (κ1) is 30.2. The van der Waals surface area contributed by atoms with Gasteiger partial charge in [0.15, 0.2) is 0 Å². The van der Waals surface area contributed by atoms with Crippen molar-refractivity contribution in [3.63, 3.8) is 0 Å². The van der Waals surface area contributed by atoms with Gasteiger partial charge in [0.05, 0.1) is 98.1 Å². The summed E-state index contributed by atoms with van der Waals surface area (Å²) in [6, 6.07) is 8.86. The van der Waals surface area contributed by atoms with Crippen LogP contribution in [0, 0.1) is 0 Å². The van der Waals surface area contributed by atoms with Gasteiger partial charge >= 0.3 is 5.97 Å². The van der Waals surface area contributed by atoms with Gasteiger partial charge in [0.1, 0.15) is 6.61 Å². The van der Waals surface area contributed by atoms with Crippen LogP contribution in [0.3, 0.4) is 0 Å². The lowest BCUT2D eigenvalue weighted by molar-refractivity contribution is -0.0219. The summed E-state index contributed by atoms with van der Waals surface area (Å²) < 4.78 is 43.8. The fraction of sp³-hybridized carbons (Fsp3) is 0.696. The number of alkyl halides is 1. The molecule has 0 unspecified atom stereocenters. The maximum atomic E-state index is 11.7. The molecule has 0 aromatic heterocycles. The van der Waals surface area contributed by atoms with Crippen molar-refractivity contribution < 1.29 is 42.7 Å². The van der Waals surface area contributed by atoms with E-state index >= 15 is 0 Å². The van der Waals surface area contributed by atoms with Crippen LogP contribution in [0.4, 0.5) is 0 Å². The second-order valence-corrected chi connectivity index (χ2v) is 7.56. The molecule has 0 aliphatic heterocycles. The van der Waals surface area contributed by atoms with Gasteiger partial charge in [0.25, 0.3) is 0 Å². The number of hydrogen-bond acceptors (Lipinski definition) is 9. The van der Waals surface area contributed by atoms with Crippen molar-refractivity contribution in [3.05, 3.63) is 35.9 Å². The van der Waals surface area contributed by atoms with Gasteiger partial charge in [-0.05, 0) is 12.1 Å². The molecule has 1 rings (SSSR count). The second kappa shape index (κ2) is 24.3. The van der Waals surface area contributed by atoms with E-state index in [9.17, 15) is 4.79 Å². The van der Waals surface area contributed by atoms with Crippen LogP contribution < -0.4 is 0 Å². The van der Waals surface area contributed by atoms with Crippen molar-refractivity contribution in [3.8, 4) is 0 Å². The molecule has 0 heterocycles. The molecule has 0 N–H and O–H groups in total. The Labute approximate surface area is 210 Å². The lowest BCUT2D eigenvalue weighted by Gasteiger charge is -2.08. The summed E-state index contributed by atoms with van der Waals surface area (Å²) in [5, 5.41) is 0. The van der Waals surface area contributed by atoms with Crippen LogP contribution in [-0.4, -0.2) is 110 Å². The van der Waals surface area contributed by atoms with Gasteiger partial charge in [-0.15, -0.1) is 0 Å². The van der Waals surface area contributed by atoms with E-state index in [-0.39, 0.29) is 12.6 Å². The number of ether oxygens (including phenoxy) is 8. The molecule has 0 bridgehead atoms. The first-order valence-corrected chi connectivity index (χ1v) is 12.7. The second-order valence-electron chi connectivity index (χ2n) is 6.48. The molecule has 33 heavy (non-hydrogen) atoms. The topological polar surface area (TPSA) is 90.9 Å². The smallest absolute Gasteiger partial charge is 0.338 e. The average Bonchev–Trinajstić information content (AvgIpc) is 2.85. The number of rotatable bonds is 24. The number of hydrogen-bond donors (Lipinski definition) is 0. The van der Waals surface area contributed by atoms with Gasteiger partial charge in [-0.3, -0.25) is 0 Å². The highest BCUT2D eigenvalue weighted by atomic mass is 127. The van der Waals surface area contributed by atoms with Gasteiger partial charge in [0.2, 0.25) is 0 Å². The molecule has 190 valence electrons. The molecule has 0 aliphatic carbocycles. The van der Waals surface area contributed by atoms with E-state index in [1.54, 1.807) is 24.3 Å². The van der Waals surface area contributed by atoms with Gasteiger partial charge in [-0.2, -0.15) is 0 Å². The molecule has 0 saturated carbocycles. The van der Waals surface area contributed by atoms with Gasteiger partial charge in [0, 0.05) is 4.43 Å². The maximum Gasteiger partial charge on any atom is 0.338 e. The Bertz CT molecular complexity index is 548. The molecule has 1 aromatic carbocycles. The van der Waals surface area contributed by atoms with Crippen molar-refractivity contribution >= 4 is 28.6 Å². The number of esters is 1. The highest BCUT2D eigenvalue weighted by Crippen LogP contribution is 2.00. The quantitative estimate of drug-likeness (QED) is 0.0787. The SMILES string of the molecule is O=C(OCCOCCOCCOCCOCCOCCOCCOCCI)c1ccccc1. The summed E-state index contributed by atoms with van der Waals surface area (Å²) >= 11 is 2.27. The summed E-state index contributed by atoms with van der Waals surface area (Å²) in [4.78, 5) is 11.7. The summed E-state index contributed by atoms with van der Waals surface area (Å²) in [5.41, 5.74) is 0.532. The molecular weight excluding hydrogens is 547 g/mol. The van der Waals surface area contributed by atoms with E-state index < -0.39 is 0 Å². The molecule has 0 aliphatic rings. The van der Waals surface area contributed by atoms with Crippen LogP contribution >= 0.6 is 22.6 Å². The molecule has 0 amide bonds. The van der Waals surface area contributed by atoms with Crippen LogP contribution in [-0.2, 0) is 37.9 Å². The molecule has 0 saturated heterocycles. The standard InChI is InChI=1S/C23H37IO9/c24-6-7-26-8-9-27-10-11-28-12-13-29-14-15-30-16-17-31-18-19-32-20-21-33-23(25)22-4-2-1-3-5-22/h1-5H,6-21H2. The fourth-order valence-electron chi connectivity index (χ4n) is 2.33. The van der Waals surface area contributed by atoms with Crippen molar-refractivity contribution in [1.29, 1.82) is 0 Å². The number of benzene rings is 1. The van der Waals surface area contributed by atoms with E-state index in [2.05, 4.69) is 22.6 Å². The summed E-state index contributed by atoms with van der Waals surface area (Å²) in [6.45, 7) is 7.58. The first-order valence-electron chi connectivity index (χ1n) is 11.2. The fourth-order valence-corrected chi connectivity index (χ4v) is 2.64. The zero-order valence-electron chi connectivity index (χ0n) is 19.3. The van der Waals surface area contributed by atoms with E-state index in [0.717, 1.165) is 11.0 Å². The minimum atomic E-state index is -0.349. The van der Waals surface area contributed by atoms with E-state index in [0.29, 0.717) is 91.5 Å². The van der Waals surface area contributed by atoms with Crippen LogP contribution in [0.15, 0.2) is 30.3 Å². The Hall–Kier alpha value is -0.860. The Balaban J connectivity index is 1.69. The minimum Gasteiger partial charge on any atom is -0.460 e. The Morgan fingerprint density at radius 1 is 0.515 bits per heavy atom. The van der Waals surface area contributed by atoms with Crippen LogP contribution in [0.5, 0.6) is 0 Å². The van der Waals surface area contributed by atoms with Gasteiger partial charge in [-0.1, -0.05) is 40.8 Å². The molecule has 0 spiro atoms. The predicted molar refractivity (Wildman–Crippen MR) is 131 cm³/mol. The summed E-state index contributed by atoms with van der Waals surface area (Å²) in [6.07, 6.45) is 0. The summed E-state index contributed by atoms with van der Waals surface area (Å²) in [5.74, 6) is -0.349. The number of carbonyl (C=O) groups excluding carboxylic acids is 1. The van der Waals surface area contributed by atoms with E-state index in [1.165, 1.54) is 0 Å². The largest absolute Gasteiger partial charge is 0.460 e. The van der Waals surface area contributed by atoms with E-state index in [1.807, 2.05) is 6.07 Å². The van der Waals surface area contributed by atoms with Crippen molar-refractivity contribution in [2.24, 2.45) is 0 Å². The Morgan fingerprint density at radius 2 is 0.848 bits per heavy atom. The average molecular weight is 584 g/mol. The number of halogens is 1. The van der Waals surface area contributed by atoms with Crippen LogP contribution in [0.25, 0.3) is 0 Å². The minimum absolute atomic E-state index is 0.212. The molecule has 0 fully saturated rings. The van der Waals surface area contributed by atoms with Gasteiger partial charge < -0.3 is 37.9 Å². The highest BCUT2D eigenvalue weighted by molar-refractivity contribution is 14.1. The zero-order chi connectivity index (χ0) is 23.7. The predicted octanol–water partition coefficient (Wildman–Crippen LogP) is 2.39. The van der Waals surface area contributed by atoms with Crippen molar-refractivity contribution in [2.45, 2.75) is 0 Å². The molecular formula is C23H37IO9. The van der Waals surface area contributed by atoms with Gasteiger partial charge in [-0.25, -0.2) is 4.79 Å². The van der Waals surface area contributed by atoms with Crippen molar-refractivity contribution in [2.75, 3.05) is 104 Å². The number of carbonyl (C=O) groups is 1. The molecule has 0 atom stereocenters. The Morgan fingerprint density at radius 3 is 1.21 bits per heavy atom. The first-order chi connectivity index (χ1) is 16.3. The monoisotopic (exact) mass is 584 g/mol. The summed E-state index contributed by atoms with van der Waals surface area (Å²) in [7, 11) is 0. The Kier molecular flexibility index (Phi) is 22.2. The van der Waals surface area contributed by atoms with Crippen LogP contribution in [0.1, 0.15) is 10.4 Å². The third-order valence-corrected chi connectivity index (χ3v) is 4.36. The van der Waals surface area contributed by atoms with E-state index in [4.69, 9.17) is 37.9 Å². The lowest BCUT2D eigenvalue weighted by atomic mass is 10.2. The molecule has 9 nitrogen and oxygen atoms in total. The normalized spacial score (nSPS) is 11.1. The zero-order valence-corrected chi connectivity index (χ0v) is 21.4. The third kappa shape index (κ3) is 20.2. The lowest BCUT2D eigenvalue weighted by Crippen LogP contribution is -2.15. The van der Waals surface area contributed by atoms with Crippen molar-refractivity contribution in [1.82, 2.24) is 0 Å². The molecule has 10 heteroatoms. The highest BCUT2D eigenvalue weighted by Gasteiger charge is 2.04. The molecule has 0 radical (unpaired) electrons. The maximum absolute atomic E-state index is 11.7. The van der Waals surface area contributed by atoms with Crippen LogP contribution in [0.2, 0.25) is 0 Å².